The number of amides is 9. The Morgan fingerprint density at radius 2 is 1.46 bits per heavy atom. The summed E-state index contributed by atoms with van der Waals surface area (Å²) in [7, 11) is 0. The molecule has 0 aliphatic carbocycles. The van der Waals surface area contributed by atoms with Crippen LogP contribution in [0, 0.1) is 5.92 Å². The van der Waals surface area contributed by atoms with Crippen LogP contribution < -0.4 is 32.3 Å². The molecule has 0 saturated carbocycles. The van der Waals surface area contributed by atoms with Gasteiger partial charge in [-0.05, 0) is 80.3 Å². The SMILES string of the molecule is CC(C)[C@H](NC(=O)CCOCCOCCOCCN1C(=O)C(Br)=C(Br)C1=O)C(=O)N[C@@H](CCCNC(N)=O)C(=O)Nc1ccc(COC(=O)N2CCc3c(sc(NC(=O)C(=O)O)c3C(=O)O)C2)cc1. The zero-order valence-electron chi connectivity index (χ0n) is 37.4. The first-order valence-electron chi connectivity index (χ1n) is 21.3. The molecule has 27 heteroatoms. The highest BCUT2D eigenvalue weighted by Crippen LogP contribution is 2.37. The second kappa shape index (κ2) is 27.3. The van der Waals surface area contributed by atoms with Gasteiger partial charge in [-0.25, -0.2) is 19.2 Å². The summed E-state index contributed by atoms with van der Waals surface area (Å²) in [6.07, 6.45) is -0.318. The lowest BCUT2D eigenvalue weighted by Crippen LogP contribution is -2.54. The smallest absolute Gasteiger partial charge is 0.410 e. The average molecular weight is 1120 g/mol. The molecule has 9 N–H and O–H groups in total. The number of ether oxygens (including phenoxy) is 4. The molecule has 2 aliphatic heterocycles. The fourth-order valence-corrected chi connectivity index (χ4v) is 8.61. The lowest BCUT2D eigenvalue weighted by Gasteiger charge is -2.26. The van der Waals surface area contributed by atoms with Crippen molar-refractivity contribution in [2.45, 2.75) is 64.8 Å². The first-order valence-corrected chi connectivity index (χ1v) is 23.7. The summed E-state index contributed by atoms with van der Waals surface area (Å²) in [4.78, 5) is 126. The Kier molecular flexibility index (Phi) is 22.0. The van der Waals surface area contributed by atoms with Gasteiger partial charge >= 0.3 is 30.0 Å². The highest BCUT2D eigenvalue weighted by molar-refractivity contribution is 9.14. The summed E-state index contributed by atoms with van der Waals surface area (Å²) >= 11 is 6.98. The van der Waals surface area contributed by atoms with Crippen molar-refractivity contribution in [2.75, 3.05) is 69.9 Å². The predicted molar refractivity (Wildman–Crippen MR) is 251 cm³/mol. The van der Waals surface area contributed by atoms with Gasteiger partial charge in [0.05, 0.1) is 58.3 Å². The Morgan fingerprint density at radius 3 is 2.06 bits per heavy atom. The molecule has 4 rings (SSSR count). The van der Waals surface area contributed by atoms with Crippen molar-refractivity contribution < 1.29 is 77.1 Å². The highest BCUT2D eigenvalue weighted by atomic mass is 79.9. The number of benzene rings is 1. The quantitative estimate of drug-likeness (QED) is 0.0379. The molecule has 24 nitrogen and oxygen atoms in total. The van der Waals surface area contributed by atoms with Gasteiger partial charge in [-0.3, -0.25) is 33.7 Å². The zero-order chi connectivity index (χ0) is 50.8. The van der Waals surface area contributed by atoms with E-state index < -0.39 is 71.6 Å². The van der Waals surface area contributed by atoms with E-state index in [0.29, 0.717) is 21.7 Å². The van der Waals surface area contributed by atoms with Gasteiger partial charge in [0, 0.05) is 30.1 Å². The lowest BCUT2D eigenvalue weighted by molar-refractivity contribution is -0.147. The van der Waals surface area contributed by atoms with Gasteiger partial charge in [-0.15, -0.1) is 11.3 Å². The molecule has 2 atom stereocenters. The number of halogens is 2. The number of urea groups is 1. The first-order chi connectivity index (χ1) is 32.8. The van der Waals surface area contributed by atoms with Crippen molar-refractivity contribution in [2.24, 2.45) is 11.7 Å². The molecule has 1 aromatic heterocycles. The number of fused-ring (bicyclic) bond motifs is 1. The van der Waals surface area contributed by atoms with Crippen molar-refractivity contribution in [3.63, 3.8) is 0 Å². The molecule has 0 saturated heterocycles. The van der Waals surface area contributed by atoms with Crippen molar-refractivity contribution in [1.82, 2.24) is 25.8 Å². The lowest BCUT2D eigenvalue weighted by atomic mass is 10.0. The average Bonchev–Trinajstić information content (AvgIpc) is 3.75. The van der Waals surface area contributed by atoms with Crippen LogP contribution in [0.1, 0.15) is 59.5 Å². The molecule has 2 aromatic rings. The van der Waals surface area contributed by atoms with Crippen LogP contribution in [0.3, 0.4) is 0 Å². The normalized spacial score (nSPS) is 14.2. The number of hydrogen-bond acceptors (Lipinski definition) is 15. The van der Waals surface area contributed by atoms with Crippen LogP contribution in [0.4, 0.5) is 20.3 Å². The summed E-state index contributed by atoms with van der Waals surface area (Å²) in [6, 6.07) is 3.41. The Morgan fingerprint density at radius 1 is 0.841 bits per heavy atom. The van der Waals surface area contributed by atoms with Gasteiger partial charge in [-0.2, -0.15) is 0 Å². The number of nitrogens with one attached hydrogen (secondary N) is 5. The van der Waals surface area contributed by atoms with Crippen LogP contribution in [0.15, 0.2) is 33.2 Å². The number of hydrogen-bond donors (Lipinski definition) is 8. The van der Waals surface area contributed by atoms with Crippen molar-refractivity contribution >= 4 is 113 Å². The maximum absolute atomic E-state index is 13.6. The van der Waals surface area contributed by atoms with E-state index in [1.165, 1.54) is 4.90 Å². The van der Waals surface area contributed by atoms with E-state index in [1.54, 1.807) is 38.1 Å². The van der Waals surface area contributed by atoms with Gasteiger partial charge in [0.15, 0.2) is 0 Å². The number of imide groups is 1. The molecule has 376 valence electrons. The Labute approximate surface area is 415 Å². The van der Waals surface area contributed by atoms with Gasteiger partial charge in [0.1, 0.15) is 32.7 Å². The summed E-state index contributed by atoms with van der Waals surface area (Å²) in [5.74, 6) is -7.50. The van der Waals surface area contributed by atoms with Crippen LogP contribution in [0.5, 0.6) is 0 Å². The second-order valence-corrected chi connectivity index (χ2v) is 18.1. The molecule has 0 spiro atoms. The van der Waals surface area contributed by atoms with Gasteiger partial charge in [0.2, 0.25) is 17.7 Å². The van der Waals surface area contributed by atoms with Crippen LogP contribution in [0.2, 0.25) is 0 Å². The van der Waals surface area contributed by atoms with E-state index >= 15 is 0 Å². The summed E-state index contributed by atoms with van der Waals surface area (Å²) in [6.45, 7) is 4.51. The number of carboxylic acids is 2. The number of aliphatic carboxylic acids is 1. The molecule has 3 heterocycles. The van der Waals surface area contributed by atoms with Crippen LogP contribution in [0.25, 0.3) is 0 Å². The largest absolute Gasteiger partial charge is 0.478 e. The van der Waals surface area contributed by atoms with Crippen LogP contribution >= 0.6 is 43.2 Å². The Balaban J connectivity index is 1.20. The Hall–Kier alpha value is -6.00. The number of rotatable bonds is 26. The third-order valence-electron chi connectivity index (χ3n) is 10.1. The summed E-state index contributed by atoms with van der Waals surface area (Å²) < 4.78 is 22.1. The van der Waals surface area contributed by atoms with Crippen molar-refractivity contribution in [3.8, 4) is 0 Å². The van der Waals surface area contributed by atoms with Crippen LogP contribution in [-0.2, 0) is 72.1 Å². The number of anilines is 2. The maximum atomic E-state index is 13.6. The number of thiophene rings is 1. The molecular formula is C42H52Br2N8O16S. The minimum atomic E-state index is -1.78. The summed E-state index contributed by atoms with van der Waals surface area (Å²) in [5, 5.41) is 31.2. The van der Waals surface area contributed by atoms with E-state index in [0.717, 1.165) is 16.2 Å². The molecule has 1 aromatic carbocycles. The van der Waals surface area contributed by atoms with Crippen molar-refractivity contribution in [1.29, 1.82) is 0 Å². The third-order valence-corrected chi connectivity index (χ3v) is 13.3. The van der Waals surface area contributed by atoms with E-state index in [1.807, 2.05) is 0 Å². The van der Waals surface area contributed by atoms with E-state index in [2.05, 4.69) is 58.4 Å². The number of aromatic carboxylic acids is 1. The standard InChI is InChI=1S/C42H52Br2N8O16S/c1-22(2)32(49-28(53)10-14-65-16-18-67-19-17-66-15-13-52-37(57)30(43)31(44)38(52)58)34(55)48-26(4-3-11-46-41(45)63)33(54)47-24-7-5-23(6-8-24)21-68-42(64)51-12-9-25-27(20-51)69-36(29(25)39(59)60)50-35(56)40(61)62/h5-8,22,26,32H,3-4,9-21H2,1-2H3,(H,47,54)(H,48,55)(H,49,53)(H,50,56)(H,59,60)(H,61,62)(H3,45,46,63)/t26-,32-/m0/s1. The number of carboxylic acid groups (broad SMARTS) is 2. The zero-order valence-corrected chi connectivity index (χ0v) is 41.4. The van der Waals surface area contributed by atoms with Gasteiger partial charge < -0.3 is 66.4 Å². The molecule has 0 radical (unpaired) electrons. The van der Waals surface area contributed by atoms with Crippen molar-refractivity contribution in [3.05, 3.63) is 54.8 Å². The predicted octanol–water partition coefficient (Wildman–Crippen LogP) is 1.99. The highest BCUT2D eigenvalue weighted by Gasteiger charge is 2.36. The number of primary amides is 1. The van der Waals surface area contributed by atoms with E-state index in [9.17, 15) is 53.1 Å². The molecule has 0 fully saturated rings. The number of carbonyl (C=O) groups is 10. The molecule has 0 unspecified atom stereocenters. The molecule has 69 heavy (non-hydrogen) atoms. The molecule has 0 bridgehead atoms. The van der Waals surface area contributed by atoms with Crippen LogP contribution in [-0.4, -0.2) is 151 Å². The molecular weight excluding hydrogens is 1060 g/mol. The maximum Gasteiger partial charge on any atom is 0.410 e. The third kappa shape index (κ3) is 16.9. The van der Waals surface area contributed by atoms with Gasteiger partial charge in [-0.1, -0.05) is 26.0 Å². The fraction of sp³-hybridized carbons (Fsp3) is 0.476. The van der Waals surface area contributed by atoms with Gasteiger partial charge in [0.25, 0.3) is 11.8 Å². The minimum Gasteiger partial charge on any atom is -0.478 e. The topological polar surface area (TPSA) is 341 Å². The van der Waals surface area contributed by atoms with E-state index in [-0.39, 0.29) is 124 Å². The van der Waals surface area contributed by atoms with E-state index in [4.69, 9.17) is 29.8 Å². The minimum absolute atomic E-state index is 0.0302. The summed E-state index contributed by atoms with van der Waals surface area (Å²) in [5.41, 5.74) is 6.22. The first kappa shape index (κ1) is 55.6. The fourth-order valence-electron chi connectivity index (χ4n) is 6.59. The molecule has 2 aliphatic rings. The number of carbonyl (C=O) groups excluding carboxylic acids is 8. The number of nitrogens with zero attached hydrogens (tertiary/aromatic N) is 2. The second-order valence-electron chi connectivity index (χ2n) is 15.4. The monoisotopic (exact) mass is 1110 g/mol. The number of nitrogens with two attached hydrogens (primary N) is 1. The molecule has 9 amide bonds. The Bertz CT molecular complexity index is 2270.